The van der Waals surface area contributed by atoms with Crippen LogP contribution in [0.2, 0.25) is 0 Å². The summed E-state index contributed by atoms with van der Waals surface area (Å²) >= 11 is 3.50. The highest BCUT2D eigenvalue weighted by molar-refractivity contribution is 9.10. The first-order chi connectivity index (χ1) is 9.26. The van der Waals surface area contributed by atoms with Gasteiger partial charge in [-0.15, -0.1) is 5.10 Å². The van der Waals surface area contributed by atoms with Gasteiger partial charge >= 0.3 is 0 Å². The fourth-order valence-electron chi connectivity index (χ4n) is 1.66. The molecule has 0 unspecified atom stereocenters. The van der Waals surface area contributed by atoms with Crippen molar-refractivity contribution in [2.24, 2.45) is 0 Å². The summed E-state index contributed by atoms with van der Waals surface area (Å²) in [6, 6.07) is 5.69. The number of methoxy groups -OCH3 is 1. The van der Waals surface area contributed by atoms with Crippen LogP contribution in [0, 0.1) is 0 Å². The summed E-state index contributed by atoms with van der Waals surface area (Å²) in [7, 11) is 1.64. The zero-order valence-corrected chi connectivity index (χ0v) is 12.5. The molecule has 102 valence electrons. The van der Waals surface area contributed by atoms with Crippen LogP contribution in [0.4, 0.5) is 0 Å². The molecule has 0 saturated carbocycles. The van der Waals surface area contributed by atoms with Crippen molar-refractivity contribution >= 4 is 15.9 Å². The Hall–Kier alpha value is -1.47. The van der Waals surface area contributed by atoms with E-state index in [1.54, 1.807) is 11.8 Å². The van der Waals surface area contributed by atoms with Gasteiger partial charge in [0.25, 0.3) is 0 Å². The monoisotopic (exact) mass is 325 g/mol. The Morgan fingerprint density at radius 2 is 2.26 bits per heavy atom. The Kier molecular flexibility index (Phi) is 4.86. The van der Waals surface area contributed by atoms with Gasteiger partial charge in [-0.1, -0.05) is 6.92 Å². The first-order valence-electron chi connectivity index (χ1n) is 6.08. The summed E-state index contributed by atoms with van der Waals surface area (Å²) in [5.74, 6) is 1.53. The van der Waals surface area contributed by atoms with Gasteiger partial charge in [0.2, 0.25) is 0 Å². The number of hydrogen-bond acceptors (Lipinski definition) is 5. The third-order valence-corrected chi connectivity index (χ3v) is 3.30. The number of nitrogens with zero attached hydrogens (tertiary/aromatic N) is 4. The Morgan fingerprint density at radius 3 is 3.00 bits per heavy atom. The van der Waals surface area contributed by atoms with Crippen molar-refractivity contribution in [2.75, 3.05) is 13.7 Å². The highest BCUT2D eigenvalue weighted by atomic mass is 79.9. The second-order valence-corrected chi connectivity index (χ2v) is 4.86. The second kappa shape index (κ2) is 6.63. The van der Waals surface area contributed by atoms with E-state index in [-0.39, 0.29) is 0 Å². The maximum Gasteiger partial charge on any atom is 0.170 e. The van der Waals surface area contributed by atoms with E-state index in [1.165, 1.54) is 0 Å². The summed E-state index contributed by atoms with van der Waals surface area (Å²) < 4.78 is 7.85. The van der Waals surface area contributed by atoms with Crippen LogP contribution in [-0.2, 0) is 6.54 Å². The lowest BCUT2D eigenvalue weighted by atomic mass is 10.3. The van der Waals surface area contributed by atoms with Crippen LogP contribution in [-0.4, -0.2) is 33.9 Å². The minimum absolute atomic E-state index is 0.629. The molecular weight excluding hydrogens is 310 g/mol. The average molecular weight is 326 g/mol. The van der Waals surface area contributed by atoms with Crippen LogP contribution >= 0.6 is 15.9 Å². The number of rotatable bonds is 6. The first-order valence-corrected chi connectivity index (χ1v) is 6.87. The van der Waals surface area contributed by atoms with E-state index in [4.69, 9.17) is 4.74 Å². The summed E-state index contributed by atoms with van der Waals surface area (Å²) in [6.45, 7) is 3.69. The third-order valence-electron chi connectivity index (χ3n) is 2.63. The zero-order chi connectivity index (χ0) is 13.7. The molecule has 1 aromatic carbocycles. The Bertz CT molecular complexity index is 543. The minimum Gasteiger partial charge on any atom is -0.497 e. The molecule has 0 spiro atoms. The van der Waals surface area contributed by atoms with E-state index in [2.05, 4.69) is 43.7 Å². The van der Waals surface area contributed by atoms with Gasteiger partial charge in [0.1, 0.15) is 5.75 Å². The molecule has 0 aliphatic heterocycles. The van der Waals surface area contributed by atoms with Gasteiger partial charge in [0, 0.05) is 10.5 Å². The molecule has 7 heteroatoms. The lowest BCUT2D eigenvalue weighted by Gasteiger charge is -2.09. The first kappa shape index (κ1) is 14.0. The van der Waals surface area contributed by atoms with E-state index in [1.807, 2.05) is 18.2 Å². The standard InChI is InChI=1S/C12H16BrN5O/c1-3-6-14-8-12-15-16-17-18(12)11-7-9(19-2)4-5-10(11)13/h4-5,7,14H,3,6,8H2,1-2H3. The predicted molar refractivity (Wildman–Crippen MR) is 75.4 cm³/mol. The number of hydrogen-bond donors (Lipinski definition) is 1. The summed E-state index contributed by atoms with van der Waals surface area (Å²) in [6.07, 6.45) is 1.07. The molecular formula is C12H16BrN5O. The van der Waals surface area contributed by atoms with Crippen molar-refractivity contribution in [3.8, 4) is 11.4 Å². The van der Waals surface area contributed by atoms with Crippen molar-refractivity contribution in [1.82, 2.24) is 25.5 Å². The molecule has 0 bridgehead atoms. The Labute approximate surface area is 120 Å². The minimum atomic E-state index is 0.629. The van der Waals surface area contributed by atoms with Gasteiger partial charge in [-0.25, -0.2) is 0 Å². The summed E-state index contributed by atoms with van der Waals surface area (Å²) in [5, 5.41) is 15.1. The highest BCUT2D eigenvalue weighted by Gasteiger charge is 2.11. The molecule has 0 saturated heterocycles. The lowest BCUT2D eigenvalue weighted by molar-refractivity contribution is 0.414. The molecule has 1 heterocycles. The lowest BCUT2D eigenvalue weighted by Crippen LogP contribution is -2.17. The number of benzene rings is 1. The maximum absolute atomic E-state index is 5.23. The normalized spacial score (nSPS) is 10.7. The molecule has 1 aromatic heterocycles. The largest absolute Gasteiger partial charge is 0.497 e. The van der Waals surface area contributed by atoms with Crippen molar-refractivity contribution in [1.29, 1.82) is 0 Å². The predicted octanol–water partition coefficient (Wildman–Crippen LogP) is 1.93. The van der Waals surface area contributed by atoms with E-state index < -0.39 is 0 Å². The molecule has 0 aliphatic rings. The molecule has 0 aliphatic carbocycles. The number of nitrogens with one attached hydrogen (secondary N) is 1. The van der Waals surface area contributed by atoms with Gasteiger partial charge in [0.15, 0.2) is 5.82 Å². The van der Waals surface area contributed by atoms with E-state index in [9.17, 15) is 0 Å². The van der Waals surface area contributed by atoms with E-state index >= 15 is 0 Å². The summed E-state index contributed by atoms with van der Waals surface area (Å²) in [5.41, 5.74) is 0.859. The van der Waals surface area contributed by atoms with Crippen LogP contribution in [0.25, 0.3) is 5.69 Å². The number of ether oxygens (including phenoxy) is 1. The molecule has 0 amide bonds. The van der Waals surface area contributed by atoms with Crippen molar-refractivity contribution in [2.45, 2.75) is 19.9 Å². The molecule has 19 heavy (non-hydrogen) atoms. The fourth-order valence-corrected chi connectivity index (χ4v) is 2.08. The Morgan fingerprint density at radius 1 is 1.42 bits per heavy atom. The van der Waals surface area contributed by atoms with E-state index in [0.717, 1.165) is 34.7 Å². The smallest absolute Gasteiger partial charge is 0.170 e. The van der Waals surface area contributed by atoms with Gasteiger partial charge in [-0.3, -0.25) is 0 Å². The molecule has 2 aromatic rings. The van der Waals surface area contributed by atoms with Crippen LogP contribution in [0.3, 0.4) is 0 Å². The fraction of sp³-hybridized carbons (Fsp3) is 0.417. The zero-order valence-electron chi connectivity index (χ0n) is 10.9. The van der Waals surface area contributed by atoms with Crippen LogP contribution in [0.5, 0.6) is 5.75 Å². The van der Waals surface area contributed by atoms with E-state index in [0.29, 0.717) is 6.54 Å². The molecule has 0 radical (unpaired) electrons. The molecule has 1 N–H and O–H groups in total. The SMILES string of the molecule is CCCNCc1nnnn1-c1cc(OC)ccc1Br. The number of aromatic nitrogens is 4. The van der Waals surface area contributed by atoms with Crippen molar-refractivity contribution in [3.05, 3.63) is 28.5 Å². The maximum atomic E-state index is 5.23. The van der Waals surface area contributed by atoms with Crippen LogP contribution in [0.15, 0.2) is 22.7 Å². The van der Waals surface area contributed by atoms with Gasteiger partial charge in [-0.2, -0.15) is 4.68 Å². The molecule has 6 nitrogen and oxygen atoms in total. The van der Waals surface area contributed by atoms with Crippen LogP contribution < -0.4 is 10.1 Å². The summed E-state index contributed by atoms with van der Waals surface area (Å²) in [4.78, 5) is 0. The third kappa shape index (κ3) is 3.30. The Balaban J connectivity index is 2.28. The average Bonchev–Trinajstić information content (AvgIpc) is 2.88. The number of halogens is 1. The highest BCUT2D eigenvalue weighted by Crippen LogP contribution is 2.25. The molecule has 0 fully saturated rings. The van der Waals surface area contributed by atoms with Crippen LogP contribution in [0.1, 0.15) is 19.2 Å². The van der Waals surface area contributed by atoms with Crippen molar-refractivity contribution in [3.63, 3.8) is 0 Å². The number of tetrazole rings is 1. The molecule has 0 atom stereocenters. The quantitative estimate of drug-likeness (QED) is 0.822. The van der Waals surface area contributed by atoms with Gasteiger partial charge in [-0.05, 0) is 51.5 Å². The van der Waals surface area contributed by atoms with Crippen molar-refractivity contribution < 1.29 is 4.74 Å². The van der Waals surface area contributed by atoms with Gasteiger partial charge < -0.3 is 10.1 Å². The molecule has 2 rings (SSSR count). The van der Waals surface area contributed by atoms with Gasteiger partial charge in [0.05, 0.1) is 19.3 Å². The topological polar surface area (TPSA) is 64.9 Å². The second-order valence-electron chi connectivity index (χ2n) is 4.00.